The van der Waals surface area contributed by atoms with Crippen molar-refractivity contribution in [2.45, 2.75) is 51.0 Å². The molecule has 34 heavy (non-hydrogen) atoms. The van der Waals surface area contributed by atoms with Crippen molar-refractivity contribution in [2.24, 2.45) is 0 Å². The molecule has 0 radical (unpaired) electrons. The average Bonchev–Trinajstić information content (AvgIpc) is 3.39. The van der Waals surface area contributed by atoms with Gasteiger partial charge in [-0.25, -0.2) is 0 Å². The fourth-order valence-corrected chi connectivity index (χ4v) is 5.19. The quantitative estimate of drug-likeness (QED) is 0.595. The summed E-state index contributed by atoms with van der Waals surface area (Å²) in [5.41, 5.74) is 2.80. The molecule has 2 aromatic rings. The lowest BCUT2D eigenvalue weighted by molar-refractivity contribution is -0.123. The van der Waals surface area contributed by atoms with Crippen molar-refractivity contribution in [3.63, 3.8) is 0 Å². The van der Waals surface area contributed by atoms with Crippen molar-refractivity contribution < 1.29 is 9.59 Å². The maximum absolute atomic E-state index is 13.0. The average molecular weight is 463 g/mol. The first-order chi connectivity index (χ1) is 16.7. The van der Waals surface area contributed by atoms with Crippen LogP contribution in [0.4, 0.5) is 5.69 Å². The zero-order valence-electron chi connectivity index (χ0n) is 20.3. The molecule has 0 saturated carbocycles. The van der Waals surface area contributed by atoms with E-state index < -0.39 is 0 Å². The molecule has 2 aromatic carbocycles. The molecule has 2 heterocycles. The Balaban J connectivity index is 1.30. The van der Waals surface area contributed by atoms with Crippen molar-refractivity contribution in [3.05, 3.63) is 65.7 Å². The highest BCUT2D eigenvalue weighted by Gasteiger charge is 2.26. The Kier molecular flexibility index (Phi) is 8.58. The monoisotopic (exact) mass is 462 g/mol. The number of nitrogens with zero attached hydrogens (tertiary/aromatic N) is 2. The second-order valence-corrected chi connectivity index (χ2v) is 9.46. The highest BCUT2D eigenvalue weighted by atomic mass is 16.2. The lowest BCUT2D eigenvalue weighted by Crippen LogP contribution is -2.46. The lowest BCUT2D eigenvalue weighted by atomic mass is 9.94. The van der Waals surface area contributed by atoms with E-state index in [-0.39, 0.29) is 23.8 Å². The minimum absolute atomic E-state index is 0.00104. The molecule has 2 amide bonds. The summed E-state index contributed by atoms with van der Waals surface area (Å²) >= 11 is 0. The molecule has 0 bridgehead atoms. The Morgan fingerprint density at radius 3 is 2.32 bits per heavy atom. The van der Waals surface area contributed by atoms with Crippen LogP contribution in [0.1, 0.15) is 60.9 Å². The number of amides is 2. The molecule has 182 valence electrons. The van der Waals surface area contributed by atoms with Gasteiger partial charge in [-0.15, -0.1) is 0 Å². The first-order valence-electron chi connectivity index (χ1n) is 12.9. The summed E-state index contributed by atoms with van der Waals surface area (Å²) in [6.07, 6.45) is 5.07. The van der Waals surface area contributed by atoms with E-state index in [1.54, 1.807) is 0 Å². The molecule has 2 saturated heterocycles. The van der Waals surface area contributed by atoms with Crippen LogP contribution in [0.25, 0.3) is 0 Å². The number of carbonyl (C=O) groups excluding carboxylic acids is 2. The summed E-state index contributed by atoms with van der Waals surface area (Å²) in [5, 5.41) is 6.39. The minimum atomic E-state index is -0.107. The van der Waals surface area contributed by atoms with Crippen LogP contribution < -0.4 is 15.5 Å². The van der Waals surface area contributed by atoms with Gasteiger partial charge in [0.05, 0.1) is 11.5 Å². The zero-order chi connectivity index (χ0) is 23.8. The van der Waals surface area contributed by atoms with E-state index in [2.05, 4.69) is 27.4 Å². The number of rotatable bonds is 9. The van der Waals surface area contributed by atoms with Gasteiger partial charge in [0, 0.05) is 37.9 Å². The van der Waals surface area contributed by atoms with Gasteiger partial charge in [-0.2, -0.15) is 0 Å². The molecule has 0 aromatic heterocycles. The molecule has 0 aliphatic carbocycles. The van der Waals surface area contributed by atoms with Crippen LogP contribution in [0, 0.1) is 0 Å². The van der Waals surface area contributed by atoms with Crippen LogP contribution in [-0.4, -0.2) is 62.0 Å². The van der Waals surface area contributed by atoms with E-state index in [4.69, 9.17) is 0 Å². The molecule has 4 rings (SSSR count). The fraction of sp³-hybridized carbons (Fsp3) is 0.500. The standard InChI is InChI=1S/C28H38N4O2/c1-2-24(22-10-4-3-5-11-22)28(34)30-23-14-19-32(20-15-23)26-13-7-6-12-25(26)27(33)29-16-21-31-17-8-9-18-31/h3-7,10-13,23-24H,2,8-9,14-21H2,1H3,(H,29,33)(H,30,34). The summed E-state index contributed by atoms with van der Waals surface area (Å²) in [5.74, 6) is 0.00742. The van der Waals surface area contributed by atoms with E-state index in [1.165, 1.54) is 12.8 Å². The Hall–Kier alpha value is -2.86. The molecule has 6 nitrogen and oxygen atoms in total. The maximum atomic E-state index is 13.0. The molecule has 2 aliphatic heterocycles. The van der Waals surface area contributed by atoms with Gasteiger partial charge >= 0.3 is 0 Å². The number of nitrogens with one attached hydrogen (secondary N) is 2. The van der Waals surface area contributed by atoms with Crippen LogP contribution in [0.15, 0.2) is 54.6 Å². The third kappa shape index (κ3) is 6.17. The van der Waals surface area contributed by atoms with Crippen LogP contribution in [-0.2, 0) is 4.79 Å². The van der Waals surface area contributed by atoms with Gasteiger partial charge < -0.3 is 20.4 Å². The number of hydrogen-bond acceptors (Lipinski definition) is 4. The molecule has 2 aliphatic rings. The van der Waals surface area contributed by atoms with Crippen molar-refractivity contribution >= 4 is 17.5 Å². The van der Waals surface area contributed by atoms with E-state index >= 15 is 0 Å². The van der Waals surface area contributed by atoms with Gasteiger partial charge in [0.25, 0.3) is 5.91 Å². The van der Waals surface area contributed by atoms with Gasteiger partial charge in [0.1, 0.15) is 0 Å². The number of benzene rings is 2. The molecular weight excluding hydrogens is 424 g/mol. The van der Waals surface area contributed by atoms with Crippen molar-refractivity contribution in [2.75, 3.05) is 44.2 Å². The van der Waals surface area contributed by atoms with Crippen LogP contribution in [0.5, 0.6) is 0 Å². The first-order valence-corrected chi connectivity index (χ1v) is 12.9. The molecule has 2 N–H and O–H groups in total. The van der Waals surface area contributed by atoms with Gasteiger partial charge in [0.15, 0.2) is 0 Å². The third-order valence-electron chi connectivity index (χ3n) is 7.17. The Morgan fingerprint density at radius 2 is 1.62 bits per heavy atom. The number of piperidine rings is 1. The molecule has 2 fully saturated rings. The van der Waals surface area contributed by atoms with E-state index in [9.17, 15) is 9.59 Å². The van der Waals surface area contributed by atoms with Crippen LogP contribution in [0.3, 0.4) is 0 Å². The topological polar surface area (TPSA) is 64.7 Å². The zero-order valence-corrected chi connectivity index (χ0v) is 20.3. The van der Waals surface area contributed by atoms with Crippen molar-refractivity contribution in [1.29, 1.82) is 0 Å². The molecule has 1 atom stereocenters. The Morgan fingerprint density at radius 1 is 0.941 bits per heavy atom. The molecule has 0 spiro atoms. The van der Waals surface area contributed by atoms with E-state index in [1.807, 2.05) is 54.6 Å². The number of likely N-dealkylation sites (tertiary alicyclic amines) is 1. The predicted octanol–water partition coefficient (Wildman–Crippen LogP) is 3.79. The summed E-state index contributed by atoms with van der Waals surface area (Å²) in [4.78, 5) is 30.6. The minimum Gasteiger partial charge on any atom is -0.371 e. The Labute approximate surface area is 203 Å². The summed E-state index contributed by atoms with van der Waals surface area (Å²) in [6.45, 7) is 7.59. The first kappa shape index (κ1) is 24.3. The fourth-order valence-electron chi connectivity index (χ4n) is 5.19. The normalized spacial score (nSPS) is 18.0. The molecular formula is C28H38N4O2. The second-order valence-electron chi connectivity index (χ2n) is 9.46. The van der Waals surface area contributed by atoms with Gasteiger partial charge in [-0.1, -0.05) is 49.4 Å². The number of hydrogen-bond donors (Lipinski definition) is 2. The van der Waals surface area contributed by atoms with Crippen LogP contribution in [0.2, 0.25) is 0 Å². The largest absolute Gasteiger partial charge is 0.371 e. The molecule has 6 heteroatoms. The Bertz CT molecular complexity index is 934. The lowest BCUT2D eigenvalue weighted by Gasteiger charge is -2.35. The summed E-state index contributed by atoms with van der Waals surface area (Å²) in [6, 6.07) is 18.1. The number of anilines is 1. The van der Waals surface area contributed by atoms with Crippen molar-refractivity contribution in [3.8, 4) is 0 Å². The van der Waals surface area contributed by atoms with Crippen LogP contribution >= 0.6 is 0 Å². The second kappa shape index (κ2) is 12.0. The van der Waals surface area contributed by atoms with Gasteiger partial charge in [-0.05, 0) is 62.9 Å². The predicted molar refractivity (Wildman–Crippen MR) is 137 cm³/mol. The third-order valence-corrected chi connectivity index (χ3v) is 7.17. The summed E-state index contributed by atoms with van der Waals surface area (Å²) < 4.78 is 0. The maximum Gasteiger partial charge on any atom is 0.253 e. The number of carbonyl (C=O) groups is 2. The SMILES string of the molecule is CCC(C(=O)NC1CCN(c2ccccc2C(=O)NCCN2CCCC2)CC1)c1ccccc1. The molecule has 1 unspecified atom stereocenters. The van der Waals surface area contributed by atoms with E-state index in [0.29, 0.717) is 6.54 Å². The highest BCUT2D eigenvalue weighted by molar-refractivity contribution is 5.99. The van der Waals surface area contributed by atoms with E-state index in [0.717, 1.165) is 68.8 Å². The van der Waals surface area contributed by atoms with Crippen molar-refractivity contribution in [1.82, 2.24) is 15.5 Å². The van der Waals surface area contributed by atoms with Gasteiger partial charge in [-0.3, -0.25) is 9.59 Å². The smallest absolute Gasteiger partial charge is 0.253 e. The van der Waals surface area contributed by atoms with Gasteiger partial charge in [0.2, 0.25) is 5.91 Å². The number of para-hydroxylation sites is 1. The highest BCUT2D eigenvalue weighted by Crippen LogP contribution is 2.25. The summed E-state index contributed by atoms with van der Waals surface area (Å²) in [7, 11) is 0.